The Morgan fingerprint density at radius 1 is 1.03 bits per heavy atom. The van der Waals surface area contributed by atoms with Gasteiger partial charge in [0.1, 0.15) is 0 Å². The zero-order valence-corrected chi connectivity index (χ0v) is 20.8. The highest BCUT2D eigenvalue weighted by atomic mass is 32.1. The number of ketones is 1. The van der Waals surface area contributed by atoms with Gasteiger partial charge in [-0.1, -0.05) is 12.1 Å². The van der Waals surface area contributed by atoms with E-state index in [1.807, 2.05) is 30.3 Å². The van der Waals surface area contributed by atoms with Gasteiger partial charge in [0, 0.05) is 68.7 Å². The number of azo groups is 1. The molecular formula is C24H29N5O5S. The average Bonchev–Trinajstić information content (AvgIpc) is 3.29. The number of anilines is 2. The Balaban J connectivity index is 2.02. The van der Waals surface area contributed by atoms with E-state index in [2.05, 4.69) is 20.9 Å². The summed E-state index contributed by atoms with van der Waals surface area (Å²) >= 11 is 0.829. The molecule has 3 aromatic rings. The topological polar surface area (TPSA) is 127 Å². The van der Waals surface area contributed by atoms with Crippen molar-refractivity contribution in [3.05, 3.63) is 52.1 Å². The van der Waals surface area contributed by atoms with Gasteiger partial charge in [-0.15, -0.1) is 10.2 Å². The fraction of sp³-hybridized carbons (Fsp3) is 0.375. The number of methoxy groups -OCH3 is 2. The molecule has 0 fully saturated rings. The molecule has 35 heavy (non-hydrogen) atoms. The third-order valence-electron chi connectivity index (χ3n) is 5.21. The van der Waals surface area contributed by atoms with Crippen molar-refractivity contribution in [3.8, 4) is 0 Å². The predicted molar refractivity (Wildman–Crippen MR) is 139 cm³/mol. The Bertz CT molecular complexity index is 1210. The Kier molecular flexibility index (Phi) is 9.65. The van der Waals surface area contributed by atoms with E-state index in [9.17, 15) is 14.9 Å². The van der Waals surface area contributed by atoms with E-state index in [0.29, 0.717) is 25.4 Å². The summed E-state index contributed by atoms with van der Waals surface area (Å²) in [6.07, 6.45) is 1.69. The number of carbonyl (C=O) groups is 1. The van der Waals surface area contributed by atoms with Crippen molar-refractivity contribution >= 4 is 55.0 Å². The molecule has 0 unspecified atom stereocenters. The molecule has 1 aromatic heterocycles. The molecule has 2 N–H and O–H groups in total. The molecule has 0 amide bonds. The molecule has 3 rings (SSSR count). The van der Waals surface area contributed by atoms with E-state index < -0.39 is 4.92 Å². The fourth-order valence-corrected chi connectivity index (χ4v) is 4.38. The third-order valence-corrected chi connectivity index (χ3v) is 6.18. The van der Waals surface area contributed by atoms with E-state index in [-0.39, 0.29) is 21.3 Å². The first-order valence-corrected chi connectivity index (χ1v) is 12.0. The number of fused-ring (bicyclic) bond motifs is 1. The van der Waals surface area contributed by atoms with Gasteiger partial charge in [0.25, 0.3) is 0 Å². The molecular weight excluding hydrogens is 470 g/mol. The van der Waals surface area contributed by atoms with Crippen LogP contribution in [0.1, 0.15) is 30.1 Å². The molecule has 0 atom stereocenters. The molecule has 0 saturated heterocycles. The van der Waals surface area contributed by atoms with E-state index in [1.165, 1.54) is 13.0 Å². The number of thiophene rings is 1. The first kappa shape index (κ1) is 26.2. The summed E-state index contributed by atoms with van der Waals surface area (Å²) in [7, 11) is 3.35. The number of Topliss-reactive ketones (excluding diaryl/α,β-unsaturated/α-hetero) is 1. The number of nitrogens with zero attached hydrogens (tertiary/aromatic N) is 3. The zero-order valence-electron chi connectivity index (χ0n) is 20.0. The molecule has 10 nitrogen and oxygen atoms in total. The van der Waals surface area contributed by atoms with Crippen LogP contribution in [0.3, 0.4) is 0 Å². The van der Waals surface area contributed by atoms with Crippen LogP contribution in [0, 0.1) is 10.1 Å². The second-order valence-corrected chi connectivity index (χ2v) is 8.73. The third kappa shape index (κ3) is 6.81. The highest BCUT2D eigenvalue weighted by Crippen LogP contribution is 2.40. The quantitative estimate of drug-likeness (QED) is 0.0872. The lowest BCUT2D eigenvalue weighted by Gasteiger charge is -2.15. The summed E-state index contributed by atoms with van der Waals surface area (Å²) in [4.78, 5) is 22.7. The SMILES string of the molecule is COCCCNc1ccc(N=Nc2sc([N+](=O)[O-])cc2C(C)=O)c2c(NCCCOC)cccc12. The minimum Gasteiger partial charge on any atom is -0.385 e. The van der Waals surface area contributed by atoms with E-state index in [0.717, 1.165) is 52.9 Å². The number of rotatable bonds is 14. The number of ether oxygens (including phenoxy) is 2. The van der Waals surface area contributed by atoms with Crippen molar-refractivity contribution in [2.24, 2.45) is 10.2 Å². The summed E-state index contributed by atoms with van der Waals surface area (Å²) in [6, 6.07) is 11.0. The predicted octanol–water partition coefficient (Wildman–Crippen LogP) is 6.32. The minimum atomic E-state index is -0.530. The molecule has 186 valence electrons. The molecule has 0 aliphatic heterocycles. The summed E-state index contributed by atoms with van der Waals surface area (Å²) < 4.78 is 10.3. The van der Waals surface area contributed by atoms with Crippen molar-refractivity contribution in [1.82, 2.24) is 0 Å². The first-order valence-electron chi connectivity index (χ1n) is 11.2. The number of carbonyl (C=O) groups excluding carboxylic acids is 1. The average molecular weight is 500 g/mol. The lowest BCUT2D eigenvalue weighted by atomic mass is 10.0. The van der Waals surface area contributed by atoms with Crippen molar-refractivity contribution in [3.63, 3.8) is 0 Å². The van der Waals surface area contributed by atoms with Crippen molar-refractivity contribution < 1.29 is 19.2 Å². The number of benzene rings is 2. The van der Waals surface area contributed by atoms with Gasteiger partial charge in [-0.2, -0.15) is 0 Å². The van der Waals surface area contributed by atoms with Gasteiger partial charge in [0.05, 0.1) is 16.2 Å². The van der Waals surface area contributed by atoms with E-state index in [1.54, 1.807) is 14.2 Å². The lowest BCUT2D eigenvalue weighted by molar-refractivity contribution is -0.380. The van der Waals surface area contributed by atoms with E-state index in [4.69, 9.17) is 9.47 Å². The summed E-state index contributed by atoms with van der Waals surface area (Å²) in [5, 5.41) is 28.6. The van der Waals surface area contributed by atoms with Crippen LogP contribution >= 0.6 is 11.3 Å². The standard InChI is InChI=1S/C24H29N5O5S/c1-16(30)18-15-22(29(31)32)35-24(18)28-27-21-10-9-19(25-11-5-13-33-2)17-7-4-8-20(23(17)21)26-12-6-14-34-3/h4,7-10,15,25-26H,5-6,11-14H2,1-3H3. The normalized spacial score (nSPS) is 11.3. The zero-order chi connectivity index (χ0) is 25.2. The van der Waals surface area contributed by atoms with E-state index >= 15 is 0 Å². The maximum Gasteiger partial charge on any atom is 0.326 e. The summed E-state index contributed by atoms with van der Waals surface area (Å²) in [5.41, 5.74) is 2.61. The molecule has 0 spiro atoms. The van der Waals surface area contributed by atoms with Crippen molar-refractivity contribution in [2.75, 3.05) is 51.2 Å². The minimum absolute atomic E-state index is 0.148. The van der Waals surface area contributed by atoms with Crippen LogP contribution in [0.25, 0.3) is 10.8 Å². The first-order chi connectivity index (χ1) is 17.0. The Morgan fingerprint density at radius 2 is 1.71 bits per heavy atom. The fourth-order valence-electron chi connectivity index (χ4n) is 3.54. The van der Waals surface area contributed by atoms with Crippen LogP contribution in [0.4, 0.5) is 27.1 Å². The van der Waals surface area contributed by atoms with Gasteiger partial charge in [-0.3, -0.25) is 14.9 Å². The lowest BCUT2D eigenvalue weighted by Crippen LogP contribution is -2.06. The number of hydrogen-bond donors (Lipinski definition) is 2. The van der Waals surface area contributed by atoms with Gasteiger partial charge in [0.2, 0.25) is 0 Å². The maximum atomic E-state index is 12.0. The van der Waals surface area contributed by atoms with Gasteiger partial charge in [-0.25, -0.2) is 0 Å². The molecule has 11 heteroatoms. The maximum absolute atomic E-state index is 12.0. The number of nitrogens with one attached hydrogen (secondary N) is 2. The van der Waals surface area contributed by atoms with Crippen LogP contribution in [-0.4, -0.2) is 51.2 Å². The second kappa shape index (κ2) is 12.9. The van der Waals surface area contributed by atoms with Crippen molar-refractivity contribution in [1.29, 1.82) is 0 Å². The largest absolute Gasteiger partial charge is 0.385 e. The van der Waals surface area contributed by atoms with Gasteiger partial charge in [0.15, 0.2) is 10.8 Å². The van der Waals surface area contributed by atoms with Crippen LogP contribution in [0.5, 0.6) is 0 Å². The van der Waals surface area contributed by atoms with Crippen molar-refractivity contribution in [2.45, 2.75) is 19.8 Å². The second-order valence-electron chi connectivity index (χ2n) is 7.72. The van der Waals surface area contributed by atoms with Gasteiger partial charge < -0.3 is 20.1 Å². The Labute approximate surface area is 207 Å². The number of nitro groups is 1. The highest BCUT2D eigenvalue weighted by Gasteiger charge is 2.20. The Hall–Kier alpha value is -3.41. The van der Waals surface area contributed by atoms with Gasteiger partial charge in [-0.05, 0) is 49.3 Å². The molecule has 0 aliphatic rings. The van der Waals surface area contributed by atoms with Crippen LogP contribution in [-0.2, 0) is 9.47 Å². The smallest absolute Gasteiger partial charge is 0.326 e. The molecule has 0 radical (unpaired) electrons. The summed E-state index contributed by atoms with van der Waals surface area (Å²) in [5.74, 6) is -0.302. The monoisotopic (exact) mass is 499 g/mol. The summed E-state index contributed by atoms with van der Waals surface area (Å²) in [6.45, 7) is 4.11. The Morgan fingerprint density at radius 3 is 2.34 bits per heavy atom. The molecule has 2 aromatic carbocycles. The number of hydrogen-bond acceptors (Lipinski definition) is 10. The van der Waals surface area contributed by atoms with Crippen LogP contribution in [0.15, 0.2) is 46.6 Å². The van der Waals surface area contributed by atoms with Crippen LogP contribution < -0.4 is 10.6 Å². The molecule has 0 saturated carbocycles. The molecule has 1 heterocycles. The molecule has 0 aliphatic carbocycles. The van der Waals surface area contributed by atoms with Crippen LogP contribution in [0.2, 0.25) is 0 Å². The highest BCUT2D eigenvalue weighted by molar-refractivity contribution is 7.19. The van der Waals surface area contributed by atoms with Gasteiger partial charge >= 0.3 is 5.00 Å². The molecule has 0 bridgehead atoms.